The Kier molecular flexibility index (Phi) is 16.6. The monoisotopic (exact) mass is 752 g/mol. The molecule has 0 saturated carbocycles. The number of fused-ring (bicyclic) bond motifs is 1. The van der Waals surface area contributed by atoms with Crippen LogP contribution in [0, 0.1) is 16.3 Å². The van der Waals surface area contributed by atoms with Crippen LogP contribution in [0.25, 0.3) is 10.8 Å². The summed E-state index contributed by atoms with van der Waals surface area (Å²) in [6, 6.07) is 42.6. The Labute approximate surface area is 287 Å². The van der Waals surface area contributed by atoms with Gasteiger partial charge in [0.1, 0.15) is 0 Å². The fourth-order valence-electron chi connectivity index (χ4n) is 4.61. The molecule has 0 bridgehead atoms. The van der Waals surface area contributed by atoms with Crippen LogP contribution in [0.5, 0.6) is 0 Å². The SMILES string of the molecule is COC(=O)[C@H](Cc1ccccn1)P(c1ccccc1)c1ccccc1.C[C@H](c1[c-]ccc2ccccc12)N(C)C.[O-][Cl+3]([O-])([O-])[O-].[Pd+2]. The molecule has 1 aromatic heterocycles. The standard InChI is InChI=1S/C21H20NO2P.C14H16N.ClHO4.Pd/c1-24-21(23)20(16-17-10-8-9-15-22-17)25(18-11-4-2-5-12-18)19-13-6-3-7-14-19;1-11(15(2)3)13-10-6-8-12-7-4-5-9-14(12)13;2-1(3,4)5;/h2-15,20H,16H2,1H3;4-9,11H,1-3H3;(H,2,3,4,5);/q;-1;;+2/p-1/t20-;11-;;/m01../s1. The van der Waals surface area contributed by atoms with Crippen LogP contribution in [0.3, 0.4) is 0 Å². The topological polar surface area (TPSA) is 135 Å². The summed E-state index contributed by atoms with van der Waals surface area (Å²) >= 11 is 0. The summed E-state index contributed by atoms with van der Waals surface area (Å²) in [5.41, 5.74) is 1.90. The van der Waals surface area contributed by atoms with Crippen LogP contribution in [0.1, 0.15) is 24.2 Å². The van der Waals surface area contributed by atoms with Gasteiger partial charge in [-0.25, -0.2) is 18.6 Å². The maximum Gasteiger partial charge on any atom is 2.00 e. The van der Waals surface area contributed by atoms with Gasteiger partial charge in [0.15, 0.2) is 0 Å². The number of carbonyl (C=O) groups excluding carboxylic acids is 1. The molecule has 1 heterocycles. The molecule has 0 fully saturated rings. The quantitative estimate of drug-likeness (QED) is 0.101. The van der Waals surface area contributed by atoms with Crippen molar-refractivity contribution in [3.05, 3.63) is 139 Å². The molecule has 4 aromatic carbocycles. The van der Waals surface area contributed by atoms with E-state index in [1.807, 2.05) is 60.7 Å². The summed E-state index contributed by atoms with van der Waals surface area (Å²) in [7, 11) is -0.192. The summed E-state index contributed by atoms with van der Waals surface area (Å²) in [5.74, 6) is -0.190. The second kappa shape index (κ2) is 19.6. The predicted octanol–water partition coefficient (Wildman–Crippen LogP) is 1.80. The molecule has 0 aliphatic heterocycles. The first-order valence-corrected chi connectivity index (χ1v) is 16.7. The average molecular weight is 754 g/mol. The largest absolute Gasteiger partial charge is 2.00 e. The molecule has 2 atom stereocenters. The minimum Gasteiger partial charge on any atom is -0.469 e. The Morgan fingerprint density at radius 3 is 1.87 bits per heavy atom. The smallest absolute Gasteiger partial charge is 0.469 e. The van der Waals surface area contributed by atoms with E-state index in [1.54, 1.807) is 6.20 Å². The molecule has 0 unspecified atom stereocenters. The molecular formula is C35H36ClN2O6PPd. The van der Waals surface area contributed by atoms with E-state index in [9.17, 15) is 4.79 Å². The first-order valence-electron chi connectivity index (χ1n) is 14.0. The van der Waals surface area contributed by atoms with Crippen molar-refractivity contribution in [2.45, 2.75) is 25.0 Å². The van der Waals surface area contributed by atoms with Gasteiger partial charge in [-0.15, -0.1) is 32.6 Å². The fourth-order valence-corrected chi connectivity index (χ4v) is 7.30. The number of nitrogens with zero attached hydrogens (tertiary/aromatic N) is 2. The number of methoxy groups -OCH3 is 1. The molecule has 0 saturated heterocycles. The van der Waals surface area contributed by atoms with E-state index >= 15 is 0 Å². The Bertz CT molecular complexity index is 1540. The first-order chi connectivity index (χ1) is 21.5. The Balaban J connectivity index is 0.000000298. The Morgan fingerprint density at radius 1 is 0.848 bits per heavy atom. The van der Waals surface area contributed by atoms with Crippen LogP contribution >= 0.6 is 7.92 Å². The molecule has 0 N–H and O–H groups in total. The molecule has 0 spiro atoms. The molecule has 0 aliphatic rings. The van der Waals surface area contributed by atoms with Gasteiger partial charge in [0, 0.05) is 24.4 Å². The van der Waals surface area contributed by atoms with Crippen molar-refractivity contribution in [3.63, 3.8) is 0 Å². The third kappa shape index (κ3) is 12.6. The van der Waals surface area contributed by atoms with Crippen LogP contribution in [0.2, 0.25) is 0 Å². The molecule has 8 nitrogen and oxygen atoms in total. The summed E-state index contributed by atoms with van der Waals surface area (Å²) < 4.78 is 39.1. The number of pyridine rings is 1. The van der Waals surface area contributed by atoms with Gasteiger partial charge in [-0.1, -0.05) is 84.9 Å². The summed E-state index contributed by atoms with van der Waals surface area (Å²) in [6.07, 6.45) is 2.32. The van der Waals surface area contributed by atoms with Crippen LogP contribution in [0.15, 0.2) is 121 Å². The van der Waals surface area contributed by atoms with E-state index in [-0.39, 0.29) is 32.1 Å². The van der Waals surface area contributed by atoms with Gasteiger partial charge in [0.25, 0.3) is 0 Å². The van der Waals surface area contributed by atoms with Gasteiger partial charge >= 0.3 is 26.4 Å². The molecule has 5 aromatic rings. The zero-order chi connectivity index (χ0) is 32.8. The van der Waals surface area contributed by atoms with E-state index in [1.165, 1.54) is 23.4 Å². The molecule has 11 heteroatoms. The number of ether oxygens (including phenoxy) is 1. The van der Waals surface area contributed by atoms with Gasteiger partial charge < -0.3 is 9.64 Å². The van der Waals surface area contributed by atoms with Crippen LogP contribution in [-0.2, 0) is 36.4 Å². The van der Waals surface area contributed by atoms with Gasteiger partial charge in [-0.3, -0.25) is 9.78 Å². The zero-order valence-electron chi connectivity index (χ0n) is 25.9. The van der Waals surface area contributed by atoms with E-state index < -0.39 is 18.2 Å². The Hall–Kier alpha value is -3.06. The van der Waals surface area contributed by atoms with Crippen molar-refractivity contribution in [3.8, 4) is 0 Å². The van der Waals surface area contributed by atoms with Crippen molar-refractivity contribution in [2.24, 2.45) is 0 Å². The molecule has 0 amide bonds. The summed E-state index contributed by atoms with van der Waals surface area (Å²) in [4.78, 5) is 19.3. The predicted molar refractivity (Wildman–Crippen MR) is 168 cm³/mol. The number of aromatic nitrogens is 1. The normalized spacial score (nSPS) is 12.1. The zero-order valence-corrected chi connectivity index (χ0v) is 29.1. The van der Waals surface area contributed by atoms with Gasteiger partial charge in [-0.05, 0) is 51.7 Å². The second-order valence-corrected chi connectivity index (χ2v) is 13.3. The van der Waals surface area contributed by atoms with Crippen molar-refractivity contribution in [2.75, 3.05) is 21.2 Å². The van der Waals surface area contributed by atoms with E-state index in [2.05, 4.69) is 91.6 Å². The second-order valence-electron chi connectivity index (χ2n) is 10.1. The van der Waals surface area contributed by atoms with Crippen LogP contribution < -0.4 is 29.2 Å². The third-order valence-electron chi connectivity index (χ3n) is 6.93. The minimum atomic E-state index is -4.94. The van der Waals surface area contributed by atoms with E-state index in [0.717, 1.165) is 16.3 Å². The van der Waals surface area contributed by atoms with Crippen molar-refractivity contribution < 1.29 is 58.8 Å². The number of hydrogen-bond donors (Lipinski definition) is 0. The fraction of sp³-hybridized carbons (Fsp3) is 0.200. The number of carbonyl (C=O) groups is 1. The van der Waals surface area contributed by atoms with Gasteiger partial charge in [-0.2, -0.15) is 18.2 Å². The number of rotatable bonds is 8. The molecule has 0 aliphatic carbocycles. The van der Waals surface area contributed by atoms with Crippen molar-refractivity contribution >= 4 is 35.3 Å². The maximum atomic E-state index is 12.7. The number of halogens is 1. The third-order valence-corrected chi connectivity index (χ3v) is 9.65. The van der Waals surface area contributed by atoms with Gasteiger partial charge in [0.05, 0.1) is 12.8 Å². The van der Waals surface area contributed by atoms with Crippen LogP contribution in [-0.4, -0.2) is 42.7 Å². The van der Waals surface area contributed by atoms with Crippen molar-refractivity contribution in [1.29, 1.82) is 0 Å². The van der Waals surface area contributed by atoms with Crippen LogP contribution in [0.4, 0.5) is 0 Å². The summed E-state index contributed by atoms with van der Waals surface area (Å²) in [6.45, 7) is 2.21. The van der Waals surface area contributed by atoms with Gasteiger partial charge in [0.2, 0.25) is 0 Å². The minimum absolute atomic E-state index is 0. The molecule has 244 valence electrons. The average Bonchev–Trinajstić information content (AvgIpc) is 3.04. The summed E-state index contributed by atoms with van der Waals surface area (Å²) in [5, 5.41) is 4.92. The molecule has 46 heavy (non-hydrogen) atoms. The maximum absolute atomic E-state index is 12.7. The molecular weight excluding hydrogens is 717 g/mol. The van der Waals surface area contributed by atoms with Crippen molar-refractivity contribution in [1.82, 2.24) is 9.88 Å². The number of esters is 1. The number of benzene rings is 4. The first kappa shape index (κ1) is 39.1. The van der Waals surface area contributed by atoms with E-state index in [4.69, 9.17) is 23.4 Å². The number of hydrogen-bond acceptors (Lipinski definition) is 8. The van der Waals surface area contributed by atoms with E-state index in [0.29, 0.717) is 12.5 Å². The molecule has 5 rings (SSSR count). The molecule has 0 radical (unpaired) electrons. The Morgan fingerprint density at radius 2 is 1.37 bits per heavy atom.